The highest BCUT2D eigenvalue weighted by Gasteiger charge is 2.23. The fourth-order valence-corrected chi connectivity index (χ4v) is 5.96. The van der Waals surface area contributed by atoms with Crippen LogP contribution >= 0.6 is 0 Å². The Kier molecular flexibility index (Phi) is 8.45. The van der Waals surface area contributed by atoms with Gasteiger partial charge in [0, 0.05) is 28.4 Å². The number of benzene rings is 4. The summed E-state index contributed by atoms with van der Waals surface area (Å²) in [5, 5.41) is 16.0. The number of rotatable bonds is 11. The first-order valence-corrected chi connectivity index (χ1v) is 14.4. The van der Waals surface area contributed by atoms with Gasteiger partial charge < -0.3 is 15.0 Å². The maximum absolute atomic E-state index is 12.8. The third-order valence-corrected chi connectivity index (χ3v) is 8.09. The van der Waals surface area contributed by atoms with Crippen molar-refractivity contribution in [1.29, 1.82) is 0 Å². The van der Waals surface area contributed by atoms with Crippen LogP contribution in [0.15, 0.2) is 115 Å². The van der Waals surface area contributed by atoms with Crippen molar-refractivity contribution >= 4 is 39.3 Å². The van der Waals surface area contributed by atoms with Gasteiger partial charge in [-0.3, -0.25) is 9.00 Å². The molecule has 5 aromatic rings. The summed E-state index contributed by atoms with van der Waals surface area (Å²) in [5.41, 5.74) is 5.76. The number of aromatic nitrogens is 1. The number of carbonyl (C=O) groups is 2. The van der Waals surface area contributed by atoms with Crippen molar-refractivity contribution in [2.75, 3.05) is 5.75 Å². The second-order valence-electron chi connectivity index (χ2n) is 9.64. The van der Waals surface area contributed by atoms with E-state index in [1.807, 2.05) is 36.4 Å². The van der Waals surface area contributed by atoms with Crippen LogP contribution in [0.1, 0.15) is 11.1 Å². The van der Waals surface area contributed by atoms with Gasteiger partial charge in [-0.15, -0.1) is 4.91 Å². The molecule has 8 nitrogen and oxygen atoms in total. The number of hydrogen-bond donors (Lipinski definition) is 2. The summed E-state index contributed by atoms with van der Waals surface area (Å²) >= 11 is 0. The molecule has 0 aliphatic heterocycles. The second kappa shape index (κ2) is 12.5. The van der Waals surface area contributed by atoms with Crippen LogP contribution < -0.4 is 5.32 Å². The zero-order chi connectivity index (χ0) is 28.8. The molecular weight excluding hydrogens is 538 g/mol. The monoisotopic (exact) mass is 565 g/mol. The van der Waals surface area contributed by atoms with Crippen molar-refractivity contribution < 1.29 is 18.9 Å². The van der Waals surface area contributed by atoms with E-state index in [2.05, 4.69) is 63.7 Å². The smallest absolute Gasteiger partial charge is 0.327 e. The maximum atomic E-state index is 12.8. The Hall–Kier alpha value is -4.89. The van der Waals surface area contributed by atoms with E-state index in [0.717, 1.165) is 27.9 Å². The molecule has 0 fully saturated rings. The molecule has 1 aromatic heterocycles. The van der Waals surface area contributed by atoms with Crippen molar-refractivity contribution in [3.05, 3.63) is 125 Å². The zero-order valence-corrected chi connectivity index (χ0v) is 22.8. The van der Waals surface area contributed by atoms with Gasteiger partial charge in [0.05, 0.1) is 17.7 Å². The summed E-state index contributed by atoms with van der Waals surface area (Å²) in [6, 6.07) is 31.1. The Balaban J connectivity index is 1.18. The molecule has 0 aliphatic rings. The number of carboxylic acid groups (broad SMARTS) is 1. The lowest BCUT2D eigenvalue weighted by Gasteiger charge is -2.14. The molecule has 0 radical (unpaired) electrons. The minimum Gasteiger partial charge on any atom is -0.480 e. The Morgan fingerprint density at radius 2 is 1.56 bits per heavy atom. The maximum Gasteiger partial charge on any atom is 0.327 e. The summed E-state index contributed by atoms with van der Waals surface area (Å²) < 4.78 is 14.9. The number of carboxylic acids is 1. The summed E-state index contributed by atoms with van der Waals surface area (Å²) in [5.74, 6) is -1.87. The lowest BCUT2D eigenvalue weighted by Crippen LogP contribution is -2.45. The topological polar surface area (TPSA) is 118 Å². The van der Waals surface area contributed by atoms with Crippen LogP contribution in [0.25, 0.3) is 27.7 Å². The second-order valence-corrected chi connectivity index (χ2v) is 11.1. The molecule has 2 atom stereocenters. The molecule has 1 heterocycles. The van der Waals surface area contributed by atoms with Crippen molar-refractivity contribution in [3.8, 4) is 16.8 Å². The molecule has 9 heteroatoms. The number of nitrogens with zero attached hydrogens (tertiary/aromatic N) is 2. The number of nitrogens with one attached hydrogen (secondary N) is 1. The van der Waals surface area contributed by atoms with Crippen LogP contribution in [0.4, 0.5) is 5.69 Å². The normalized spacial score (nSPS) is 12.5. The molecule has 0 bridgehead atoms. The molecule has 4 aromatic carbocycles. The molecular formula is C32H27N3O5S. The van der Waals surface area contributed by atoms with Crippen LogP contribution in [-0.4, -0.2) is 37.6 Å². The number of nitroso groups, excluding NO2 is 1. The first kappa shape index (κ1) is 27.7. The van der Waals surface area contributed by atoms with Gasteiger partial charge in [-0.05, 0) is 69.2 Å². The zero-order valence-electron chi connectivity index (χ0n) is 22.0. The number of amides is 1. The van der Waals surface area contributed by atoms with E-state index < -0.39 is 28.7 Å². The summed E-state index contributed by atoms with van der Waals surface area (Å²) in [7, 11) is -1.53. The lowest BCUT2D eigenvalue weighted by molar-refractivity contribution is -0.141. The third kappa shape index (κ3) is 6.82. The highest BCUT2D eigenvalue weighted by molar-refractivity contribution is 7.84. The molecule has 1 unspecified atom stereocenters. The summed E-state index contributed by atoms with van der Waals surface area (Å²) in [6.07, 6.45) is 1.94. The number of aliphatic carboxylic acids is 1. The first-order chi connectivity index (χ1) is 19.9. The van der Waals surface area contributed by atoms with Gasteiger partial charge in [-0.25, -0.2) is 4.79 Å². The lowest BCUT2D eigenvalue weighted by atomic mass is 10.0. The Morgan fingerprint density at radius 3 is 2.27 bits per heavy atom. The Labute approximate surface area is 239 Å². The summed E-state index contributed by atoms with van der Waals surface area (Å²) in [4.78, 5) is 34.8. The van der Waals surface area contributed by atoms with E-state index in [1.54, 1.807) is 12.1 Å². The predicted octanol–water partition coefficient (Wildman–Crippen LogP) is 5.76. The van der Waals surface area contributed by atoms with Crippen LogP contribution in [0.3, 0.4) is 0 Å². The molecule has 41 heavy (non-hydrogen) atoms. The highest BCUT2D eigenvalue weighted by Crippen LogP contribution is 2.25. The molecule has 0 spiro atoms. The number of hydrogen-bond acceptors (Lipinski definition) is 5. The van der Waals surface area contributed by atoms with Gasteiger partial charge in [-0.1, -0.05) is 66.7 Å². The van der Waals surface area contributed by atoms with E-state index >= 15 is 0 Å². The van der Waals surface area contributed by atoms with Gasteiger partial charge in [0.2, 0.25) is 5.91 Å². The largest absolute Gasteiger partial charge is 0.480 e. The minimum atomic E-state index is -1.53. The summed E-state index contributed by atoms with van der Waals surface area (Å²) in [6.45, 7) is 0. The van der Waals surface area contributed by atoms with Crippen LogP contribution in [0.5, 0.6) is 0 Å². The van der Waals surface area contributed by atoms with Crippen LogP contribution in [0, 0.1) is 4.91 Å². The van der Waals surface area contributed by atoms with Gasteiger partial charge >= 0.3 is 5.97 Å². The van der Waals surface area contributed by atoms with Gasteiger partial charge in [-0.2, -0.15) is 0 Å². The average molecular weight is 566 g/mol. The number of carbonyl (C=O) groups excluding carboxylic acids is 1. The fraction of sp³-hybridized carbons (Fsp3) is 0.125. The first-order valence-electron chi connectivity index (χ1n) is 12.9. The van der Waals surface area contributed by atoms with E-state index in [4.69, 9.17) is 0 Å². The molecule has 0 saturated heterocycles. The molecule has 2 N–H and O–H groups in total. The van der Waals surface area contributed by atoms with Gasteiger partial charge in [0.1, 0.15) is 11.7 Å². The van der Waals surface area contributed by atoms with E-state index in [9.17, 15) is 23.8 Å². The van der Waals surface area contributed by atoms with Gasteiger partial charge in [0.15, 0.2) is 0 Å². The molecule has 1 amide bonds. The number of para-hydroxylation sites is 1. The molecule has 0 aliphatic carbocycles. The Bertz CT molecular complexity index is 1730. The Morgan fingerprint density at radius 1 is 0.854 bits per heavy atom. The molecule has 0 saturated carbocycles. The van der Waals surface area contributed by atoms with E-state index in [1.165, 1.54) is 17.5 Å². The predicted molar refractivity (Wildman–Crippen MR) is 161 cm³/mol. The van der Waals surface area contributed by atoms with Gasteiger partial charge in [0.25, 0.3) is 0 Å². The average Bonchev–Trinajstić information content (AvgIpc) is 3.41. The molecule has 206 valence electrons. The van der Waals surface area contributed by atoms with Crippen LogP contribution in [-0.2, 0) is 32.6 Å². The minimum absolute atomic E-state index is 0.121. The van der Waals surface area contributed by atoms with Crippen LogP contribution in [0.2, 0.25) is 0 Å². The highest BCUT2D eigenvalue weighted by atomic mass is 32.2. The van der Waals surface area contributed by atoms with Crippen molar-refractivity contribution in [2.45, 2.75) is 18.2 Å². The van der Waals surface area contributed by atoms with Crippen molar-refractivity contribution in [2.24, 2.45) is 5.18 Å². The fourth-order valence-electron chi connectivity index (χ4n) is 4.68. The van der Waals surface area contributed by atoms with E-state index in [-0.39, 0.29) is 23.6 Å². The SMILES string of the molecule is O=Nc1cccc(CC(=O)N[C@@H](CS(=O)Cc2ccc(-c3ccc(-n4ccc5ccccc54)cc3)cc2)C(=O)O)c1. The number of fused-ring (bicyclic) bond motifs is 1. The molecule has 5 rings (SSSR count). The van der Waals surface area contributed by atoms with E-state index in [0.29, 0.717) is 5.56 Å². The third-order valence-electron chi connectivity index (χ3n) is 6.73. The van der Waals surface area contributed by atoms with Crippen molar-refractivity contribution in [1.82, 2.24) is 9.88 Å². The van der Waals surface area contributed by atoms with Crippen molar-refractivity contribution in [3.63, 3.8) is 0 Å². The standard InChI is InChI=1S/C32H27N3O5S/c36-31(19-23-4-3-6-27(18-23)34-39)33-29(32(37)38)21-41(40)20-22-8-10-24(11-9-22)25-12-14-28(15-13-25)35-17-16-26-5-1-2-7-30(26)35/h1-18,29H,19-21H2,(H,33,36)(H,37,38)/t29-,41?/m0/s1. The quantitative estimate of drug-likeness (QED) is 0.198.